The average Bonchev–Trinajstić information content (AvgIpc) is 2.11. The van der Waals surface area contributed by atoms with Gasteiger partial charge in [0.15, 0.2) is 0 Å². The molecule has 0 saturated heterocycles. The van der Waals surface area contributed by atoms with Crippen molar-refractivity contribution in [3.8, 4) is 12.3 Å². The molecule has 1 aliphatic rings. The Morgan fingerprint density at radius 1 is 1.42 bits per heavy atom. The molecule has 0 atom stereocenters. The molecule has 1 aliphatic heterocycles. The van der Waals surface area contributed by atoms with Crippen molar-refractivity contribution >= 4 is 5.84 Å². The highest BCUT2D eigenvalue weighted by molar-refractivity contribution is 5.99. The minimum atomic E-state index is -0.547. The molecule has 3 heteroatoms. The van der Waals surface area contributed by atoms with Crippen molar-refractivity contribution in [1.29, 1.82) is 0 Å². The van der Waals surface area contributed by atoms with E-state index in [1.807, 2.05) is 27.7 Å². The Kier molecular flexibility index (Phi) is 1.69. The topological polar surface area (TPSA) is 35.5 Å². The molecule has 0 fully saturated rings. The predicted molar refractivity (Wildman–Crippen MR) is 47.0 cm³/mol. The Bertz CT molecular complexity index is 271. The molecule has 1 heterocycles. The van der Waals surface area contributed by atoms with Crippen LogP contribution in [-0.2, 0) is 5.21 Å². The van der Waals surface area contributed by atoms with E-state index >= 15 is 0 Å². The largest absolute Gasteiger partial charge is 0.250 e. The number of amidine groups is 1. The van der Waals surface area contributed by atoms with Crippen LogP contribution in [0.15, 0.2) is 4.99 Å². The van der Waals surface area contributed by atoms with Gasteiger partial charge in [-0.3, -0.25) is 4.99 Å². The van der Waals surface area contributed by atoms with E-state index in [1.165, 1.54) is 0 Å². The summed E-state index contributed by atoms with van der Waals surface area (Å²) in [6.07, 6.45) is 5.14. The van der Waals surface area contributed by atoms with Crippen LogP contribution in [0.1, 0.15) is 27.7 Å². The van der Waals surface area contributed by atoms with Gasteiger partial charge in [-0.25, -0.2) is 0 Å². The molecule has 1 rings (SSSR count). The molecule has 65 valence electrons. The third-order valence-electron chi connectivity index (χ3n) is 2.71. The van der Waals surface area contributed by atoms with Gasteiger partial charge in [0.2, 0.25) is 5.84 Å². The van der Waals surface area contributed by atoms with Crippen LogP contribution in [0, 0.1) is 12.3 Å². The van der Waals surface area contributed by atoms with Crippen LogP contribution < -0.4 is 0 Å². The van der Waals surface area contributed by atoms with Crippen molar-refractivity contribution < 1.29 is 5.21 Å². The SMILES string of the molecule is C#CC1=NC(C)(C)C(C)(C)N1[O]. The third-order valence-corrected chi connectivity index (χ3v) is 2.71. The number of aliphatic imine (C=N–C) groups is 1. The number of hydroxylamine groups is 2. The first-order valence-corrected chi connectivity index (χ1v) is 3.87. The van der Waals surface area contributed by atoms with Crippen molar-refractivity contribution in [3.05, 3.63) is 0 Å². The number of nitrogens with zero attached hydrogens (tertiary/aromatic N) is 2. The van der Waals surface area contributed by atoms with Crippen molar-refractivity contribution in [1.82, 2.24) is 5.06 Å². The van der Waals surface area contributed by atoms with Crippen LogP contribution in [0.5, 0.6) is 0 Å². The van der Waals surface area contributed by atoms with Gasteiger partial charge in [0.05, 0.1) is 11.1 Å². The second-order valence-corrected chi connectivity index (χ2v) is 3.99. The quantitative estimate of drug-likeness (QED) is 0.497. The minimum absolute atomic E-state index is 0.199. The summed E-state index contributed by atoms with van der Waals surface area (Å²) in [5, 5.41) is 12.3. The third kappa shape index (κ3) is 0.919. The predicted octanol–water partition coefficient (Wildman–Crippen LogP) is 1.24. The van der Waals surface area contributed by atoms with Crippen LogP contribution in [0.2, 0.25) is 0 Å². The maximum Gasteiger partial charge on any atom is 0.204 e. The van der Waals surface area contributed by atoms with E-state index in [0.29, 0.717) is 0 Å². The van der Waals surface area contributed by atoms with Crippen molar-refractivity contribution in [2.24, 2.45) is 4.99 Å². The highest BCUT2D eigenvalue weighted by atomic mass is 16.5. The highest BCUT2D eigenvalue weighted by Crippen LogP contribution is 2.36. The van der Waals surface area contributed by atoms with Gasteiger partial charge in [-0.05, 0) is 33.6 Å². The Labute approximate surface area is 73.1 Å². The van der Waals surface area contributed by atoms with Gasteiger partial charge < -0.3 is 0 Å². The summed E-state index contributed by atoms with van der Waals surface area (Å²) in [4.78, 5) is 4.17. The van der Waals surface area contributed by atoms with Crippen LogP contribution in [-0.4, -0.2) is 22.0 Å². The van der Waals surface area contributed by atoms with Gasteiger partial charge in [0.1, 0.15) is 0 Å². The fourth-order valence-electron chi connectivity index (χ4n) is 1.05. The van der Waals surface area contributed by atoms with E-state index in [-0.39, 0.29) is 5.84 Å². The summed E-state index contributed by atoms with van der Waals surface area (Å²) in [6.45, 7) is 7.49. The molecule has 0 aromatic heterocycles. The molecule has 1 radical (unpaired) electrons. The van der Waals surface area contributed by atoms with E-state index in [1.54, 1.807) is 0 Å². The summed E-state index contributed by atoms with van der Waals surface area (Å²) in [5.74, 6) is 2.49. The van der Waals surface area contributed by atoms with Gasteiger partial charge in [-0.15, -0.1) is 6.42 Å². The molecule has 0 saturated carbocycles. The maximum absolute atomic E-state index is 11.5. The van der Waals surface area contributed by atoms with Gasteiger partial charge in [-0.1, -0.05) is 5.21 Å². The van der Waals surface area contributed by atoms with Gasteiger partial charge >= 0.3 is 0 Å². The number of rotatable bonds is 0. The standard InChI is InChI=1S/C9H13N2O/c1-6-7-10-8(2,3)9(4,5)11(7)12/h1H,2-5H3. The Morgan fingerprint density at radius 3 is 2.08 bits per heavy atom. The second kappa shape index (κ2) is 2.24. The van der Waals surface area contributed by atoms with Crippen molar-refractivity contribution in [2.45, 2.75) is 38.8 Å². The first kappa shape index (κ1) is 9.08. The maximum atomic E-state index is 11.5. The Morgan fingerprint density at radius 2 is 1.92 bits per heavy atom. The van der Waals surface area contributed by atoms with E-state index in [4.69, 9.17) is 6.42 Å². The fraction of sp³-hybridized carbons (Fsp3) is 0.667. The molecule has 3 nitrogen and oxygen atoms in total. The summed E-state index contributed by atoms with van der Waals surface area (Å²) in [7, 11) is 0. The molecule has 0 amide bonds. The van der Waals surface area contributed by atoms with Crippen LogP contribution in [0.25, 0.3) is 0 Å². The lowest BCUT2D eigenvalue weighted by Gasteiger charge is -2.34. The van der Waals surface area contributed by atoms with E-state index in [2.05, 4.69) is 10.9 Å². The van der Waals surface area contributed by atoms with Crippen LogP contribution in [0.3, 0.4) is 0 Å². The zero-order chi connectivity index (χ0) is 9.57. The number of hydrogen-bond acceptors (Lipinski definition) is 2. The molecule has 0 aromatic rings. The first-order valence-electron chi connectivity index (χ1n) is 3.87. The van der Waals surface area contributed by atoms with Crippen molar-refractivity contribution in [3.63, 3.8) is 0 Å². The van der Waals surface area contributed by atoms with E-state index in [0.717, 1.165) is 5.06 Å². The number of terminal acetylenes is 1. The molecule has 0 N–H and O–H groups in total. The lowest BCUT2D eigenvalue weighted by molar-refractivity contribution is -0.157. The van der Waals surface area contributed by atoms with Crippen LogP contribution in [0.4, 0.5) is 0 Å². The van der Waals surface area contributed by atoms with Crippen molar-refractivity contribution in [2.75, 3.05) is 0 Å². The molecule has 0 unspecified atom stereocenters. The van der Waals surface area contributed by atoms with E-state index in [9.17, 15) is 5.21 Å². The lowest BCUT2D eigenvalue weighted by atomic mass is 9.84. The van der Waals surface area contributed by atoms with Crippen LogP contribution >= 0.6 is 0 Å². The minimum Gasteiger partial charge on any atom is -0.250 e. The second-order valence-electron chi connectivity index (χ2n) is 3.99. The average molecular weight is 165 g/mol. The molecular formula is C9H13N2O. The van der Waals surface area contributed by atoms with Gasteiger partial charge in [0.25, 0.3) is 0 Å². The number of hydrogen-bond donors (Lipinski definition) is 0. The molecule has 0 spiro atoms. The summed E-state index contributed by atoms with van der Waals surface area (Å²) < 4.78 is 0. The van der Waals surface area contributed by atoms with E-state index < -0.39 is 11.1 Å². The summed E-state index contributed by atoms with van der Waals surface area (Å²) >= 11 is 0. The Hall–Kier alpha value is -1.01. The molecule has 0 aromatic carbocycles. The highest BCUT2D eigenvalue weighted by Gasteiger charge is 2.49. The molecular weight excluding hydrogens is 152 g/mol. The normalized spacial score (nSPS) is 25.0. The molecule has 0 aliphatic carbocycles. The molecule has 12 heavy (non-hydrogen) atoms. The van der Waals surface area contributed by atoms with Gasteiger partial charge in [-0.2, -0.15) is 5.06 Å². The zero-order valence-corrected chi connectivity index (χ0v) is 7.88. The zero-order valence-electron chi connectivity index (χ0n) is 7.88. The van der Waals surface area contributed by atoms with Gasteiger partial charge in [0, 0.05) is 0 Å². The smallest absolute Gasteiger partial charge is 0.204 e. The first-order chi connectivity index (χ1) is 5.33. The summed E-state index contributed by atoms with van der Waals surface area (Å²) in [5.41, 5.74) is -0.953. The summed E-state index contributed by atoms with van der Waals surface area (Å²) in [6, 6.07) is 0. The fourth-order valence-corrected chi connectivity index (χ4v) is 1.05. The Balaban J connectivity index is 3.13. The molecule has 0 bridgehead atoms. The monoisotopic (exact) mass is 165 g/mol. The lowest BCUT2D eigenvalue weighted by Crippen LogP contribution is -2.50.